The fourth-order valence-electron chi connectivity index (χ4n) is 1.62. The van der Waals surface area contributed by atoms with Gasteiger partial charge in [0, 0.05) is 20.9 Å². The van der Waals surface area contributed by atoms with Crippen LogP contribution in [0.25, 0.3) is 0 Å². The smallest absolute Gasteiger partial charge is 0.244 e. The first-order valence-corrected chi connectivity index (χ1v) is 5.68. The third-order valence-corrected chi connectivity index (χ3v) is 2.28. The molecule has 6 nitrogen and oxygen atoms in total. The van der Waals surface area contributed by atoms with Crippen molar-refractivity contribution in [2.24, 2.45) is 0 Å². The normalized spacial score (nSPS) is 13.4. The summed E-state index contributed by atoms with van der Waals surface area (Å²) >= 11 is 0. The van der Waals surface area contributed by atoms with E-state index < -0.39 is 6.04 Å². The third-order valence-electron chi connectivity index (χ3n) is 2.28. The number of carbonyl (C=O) groups excluding carboxylic acids is 3. The Kier molecular flexibility index (Phi) is 6.93. The van der Waals surface area contributed by atoms with Crippen LogP contribution in [0.2, 0.25) is 0 Å². The second-order valence-corrected chi connectivity index (χ2v) is 3.89. The molecule has 2 atom stereocenters. The summed E-state index contributed by atoms with van der Waals surface area (Å²) in [6, 6.07) is -1.12. The van der Waals surface area contributed by atoms with Crippen molar-refractivity contribution >= 4 is 17.7 Å². The fraction of sp³-hybridized carbons (Fsp3) is 0.727. The minimum absolute atomic E-state index is 0.220. The maximum Gasteiger partial charge on any atom is 0.244 e. The third kappa shape index (κ3) is 5.89. The first-order valence-electron chi connectivity index (χ1n) is 5.68. The van der Waals surface area contributed by atoms with Crippen LogP contribution in [0.1, 0.15) is 33.6 Å². The summed E-state index contributed by atoms with van der Waals surface area (Å²) in [4.78, 5) is 33.8. The van der Waals surface area contributed by atoms with Crippen molar-refractivity contribution in [1.82, 2.24) is 16.0 Å². The van der Waals surface area contributed by atoms with Gasteiger partial charge >= 0.3 is 0 Å². The Hall–Kier alpha value is -1.59. The number of nitrogens with one attached hydrogen (secondary N) is 3. The van der Waals surface area contributed by atoms with Gasteiger partial charge in [-0.1, -0.05) is 13.3 Å². The highest BCUT2D eigenvalue weighted by molar-refractivity contribution is 5.88. The lowest BCUT2D eigenvalue weighted by atomic mass is 10.0. The molecule has 98 valence electrons. The number of carbonyl (C=O) groups is 3. The molecule has 0 radical (unpaired) electrons. The second kappa shape index (κ2) is 7.65. The van der Waals surface area contributed by atoms with Gasteiger partial charge in [0.1, 0.15) is 6.04 Å². The van der Waals surface area contributed by atoms with Gasteiger partial charge in [-0.3, -0.25) is 14.4 Å². The number of hydrogen-bond acceptors (Lipinski definition) is 3. The van der Waals surface area contributed by atoms with Crippen LogP contribution in [0.15, 0.2) is 0 Å². The molecule has 0 aliphatic carbocycles. The maximum absolute atomic E-state index is 11.7. The Balaban J connectivity index is 4.84. The predicted octanol–water partition coefficient (Wildman–Crippen LogP) is -0.458. The zero-order valence-electron chi connectivity index (χ0n) is 10.8. The number of likely N-dealkylation sites (N-methyl/N-ethyl adjacent to an activating group) is 1. The summed E-state index contributed by atoms with van der Waals surface area (Å²) in [7, 11) is 1.49. The summed E-state index contributed by atoms with van der Waals surface area (Å²) in [6.45, 7) is 4.67. The molecule has 2 unspecified atom stereocenters. The van der Waals surface area contributed by atoms with Crippen molar-refractivity contribution in [3.63, 3.8) is 0 Å². The molecular weight excluding hydrogens is 222 g/mol. The van der Waals surface area contributed by atoms with Crippen LogP contribution in [0.5, 0.6) is 0 Å². The number of hydrogen-bond donors (Lipinski definition) is 3. The SMILES string of the molecule is CCCC(NC(C)=O)C(NC(C)=O)C(=O)NC. The molecule has 0 aromatic rings. The van der Waals surface area contributed by atoms with E-state index in [-0.39, 0.29) is 23.8 Å². The molecule has 0 saturated carbocycles. The van der Waals surface area contributed by atoms with Gasteiger partial charge in [0.15, 0.2) is 0 Å². The molecule has 0 heterocycles. The Morgan fingerprint density at radius 2 is 1.59 bits per heavy atom. The number of rotatable bonds is 6. The molecule has 0 spiro atoms. The molecule has 0 aliphatic heterocycles. The molecule has 3 N–H and O–H groups in total. The molecular formula is C11H21N3O3. The predicted molar refractivity (Wildman–Crippen MR) is 64.2 cm³/mol. The van der Waals surface area contributed by atoms with E-state index in [2.05, 4.69) is 16.0 Å². The van der Waals surface area contributed by atoms with Crippen molar-refractivity contribution in [2.45, 2.75) is 45.7 Å². The van der Waals surface area contributed by atoms with Gasteiger partial charge < -0.3 is 16.0 Å². The summed E-state index contributed by atoms with van der Waals surface area (Å²) in [5.41, 5.74) is 0. The highest BCUT2D eigenvalue weighted by atomic mass is 16.2. The quantitative estimate of drug-likeness (QED) is 0.590. The van der Waals surface area contributed by atoms with E-state index in [1.165, 1.54) is 20.9 Å². The minimum atomic E-state index is -0.735. The zero-order chi connectivity index (χ0) is 13.4. The van der Waals surface area contributed by atoms with E-state index in [0.29, 0.717) is 6.42 Å². The van der Waals surface area contributed by atoms with Crippen LogP contribution in [-0.4, -0.2) is 36.9 Å². The Morgan fingerprint density at radius 1 is 1.06 bits per heavy atom. The molecule has 3 amide bonds. The zero-order valence-corrected chi connectivity index (χ0v) is 10.8. The van der Waals surface area contributed by atoms with Gasteiger partial charge in [0.05, 0.1) is 6.04 Å². The largest absolute Gasteiger partial charge is 0.357 e. The standard InChI is InChI=1S/C11H21N3O3/c1-5-6-9(13-7(2)15)10(11(17)12-4)14-8(3)16/h9-10H,5-6H2,1-4H3,(H,12,17)(H,13,15)(H,14,16). The summed E-state index contributed by atoms with van der Waals surface area (Å²) in [5, 5.41) is 7.72. The summed E-state index contributed by atoms with van der Waals surface area (Å²) < 4.78 is 0. The summed E-state index contributed by atoms with van der Waals surface area (Å²) in [6.07, 6.45) is 1.43. The fourth-order valence-corrected chi connectivity index (χ4v) is 1.62. The van der Waals surface area contributed by atoms with Gasteiger partial charge in [-0.05, 0) is 6.42 Å². The van der Waals surface area contributed by atoms with E-state index in [4.69, 9.17) is 0 Å². The Labute approximate surface area is 102 Å². The lowest BCUT2D eigenvalue weighted by Crippen LogP contribution is -2.57. The topological polar surface area (TPSA) is 87.3 Å². The first-order chi connectivity index (χ1) is 7.92. The van der Waals surface area contributed by atoms with Gasteiger partial charge in [-0.2, -0.15) is 0 Å². The molecule has 0 aromatic carbocycles. The molecule has 6 heteroatoms. The molecule has 0 bridgehead atoms. The molecule has 0 fully saturated rings. The molecule has 0 rings (SSSR count). The molecule has 0 saturated heterocycles. The Bertz CT molecular complexity index is 292. The van der Waals surface area contributed by atoms with Crippen LogP contribution >= 0.6 is 0 Å². The first kappa shape index (κ1) is 15.4. The van der Waals surface area contributed by atoms with Crippen LogP contribution in [0.4, 0.5) is 0 Å². The maximum atomic E-state index is 11.7. The molecule has 0 aliphatic rings. The summed E-state index contributed by atoms with van der Waals surface area (Å²) in [5.74, 6) is -0.833. The van der Waals surface area contributed by atoms with Crippen LogP contribution in [0.3, 0.4) is 0 Å². The van der Waals surface area contributed by atoms with Gasteiger partial charge in [0.2, 0.25) is 17.7 Å². The van der Waals surface area contributed by atoms with Crippen molar-refractivity contribution in [3.05, 3.63) is 0 Å². The van der Waals surface area contributed by atoms with Crippen molar-refractivity contribution in [3.8, 4) is 0 Å². The van der Waals surface area contributed by atoms with Gasteiger partial charge in [0.25, 0.3) is 0 Å². The van der Waals surface area contributed by atoms with Gasteiger partial charge in [-0.15, -0.1) is 0 Å². The molecule has 17 heavy (non-hydrogen) atoms. The highest BCUT2D eigenvalue weighted by Gasteiger charge is 2.28. The van der Waals surface area contributed by atoms with Crippen LogP contribution in [0, 0.1) is 0 Å². The van der Waals surface area contributed by atoms with Crippen molar-refractivity contribution < 1.29 is 14.4 Å². The Morgan fingerprint density at radius 3 is 1.94 bits per heavy atom. The average molecular weight is 243 g/mol. The molecule has 0 aromatic heterocycles. The number of amides is 3. The monoisotopic (exact) mass is 243 g/mol. The van der Waals surface area contributed by atoms with E-state index >= 15 is 0 Å². The van der Waals surface area contributed by atoms with E-state index in [1.807, 2.05) is 6.92 Å². The second-order valence-electron chi connectivity index (χ2n) is 3.89. The van der Waals surface area contributed by atoms with E-state index in [9.17, 15) is 14.4 Å². The van der Waals surface area contributed by atoms with Crippen LogP contribution < -0.4 is 16.0 Å². The van der Waals surface area contributed by atoms with Crippen LogP contribution in [-0.2, 0) is 14.4 Å². The van der Waals surface area contributed by atoms with E-state index in [1.54, 1.807) is 0 Å². The lowest BCUT2D eigenvalue weighted by molar-refractivity contribution is -0.129. The van der Waals surface area contributed by atoms with E-state index in [0.717, 1.165) is 6.42 Å². The van der Waals surface area contributed by atoms with Crippen molar-refractivity contribution in [2.75, 3.05) is 7.05 Å². The van der Waals surface area contributed by atoms with Crippen molar-refractivity contribution in [1.29, 1.82) is 0 Å². The average Bonchev–Trinajstić information content (AvgIpc) is 2.23. The van der Waals surface area contributed by atoms with Gasteiger partial charge in [-0.25, -0.2) is 0 Å². The lowest BCUT2D eigenvalue weighted by Gasteiger charge is -2.26. The minimum Gasteiger partial charge on any atom is -0.357 e. The highest BCUT2D eigenvalue weighted by Crippen LogP contribution is 2.03.